The van der Waals surface area contributed by atoms with Crippen molar-refractivity contribution >= 4 is 15.8 Å². The second-order valence-corrected chi connectivity index (χ2v) is 7.74. The van der Waals surface area contributed by atoms with Crippen molar-refractivity contribution in [1.29, 1.82) is 0 Å². The highest BCUT2D eigenvalue weighted by molar-refractivity contribution is 7.88. The van der Waals surface area contributed by atoms with E-state index in [2.05, 4.69) is 10.3 Å². The summed E-state index contributed by atoms with van der Waals surface area (Å²) in [6.45, 7) is 1.11. The number of aromatic nitrogens is 1. The molecule has 1 N–H and O–H groups in total. The van der Waals surface area contributed by atoms with Crippen LogP contribution in [0.2, 0.25) is 0 Å². The zero-order chi connectivity index (χ0) is 16.1. The molecule has 0 unspecified atom stereocenters. The second kappa shape index (κ2) is 7.10. The standard InChI is InChI=1S/C17H21N3O2S/c21-23(22,14-15-6-2-1-3-7-15)20-12-9-16(10-13-20)19-17-8-4-5-11-18-17/h1-8,11,16H,9-10,12-14H2,(H,18,19). The summed E-state index contributed by atoms with van der Waals surface area (Å²) in [5.41, 5.74) is 0.834. The maximum atomic E-state index is 12.5. The third-order valence-electron chi connectivity index (χ3n) is 4.06. The van der Waals surface area contributed by atoms with Crippen molar-refractivity contribution in [2.45, 2.75) is 24.6 Å². The molecule has 0 bridgehead atoms. The van der Waals surface area contributed by atoms with Crippen LogP contribution in [0.5, 0.6) is 0 Å². The summed E-state index contributed by atoms with van der Waals surface area (Å²) in [6, 6.07) is 15.4. The number of piperidine rings is 1. The normalized spacial score (nSPS) is 17.0. The van der Waals surface area contributed by atoms with Gasteiger partial charge >= 0.3 is 0 Å². The summed E-state index contributed by atoms with van der Waals surface area (Å²) >= 11 is 0. The Kier molecular flexibility index (Phi) is 4.93. The van der Waals surface area contributed by atoms with E-state index in [0.29, 0.717) is 13.1 Å². The monoisotopic (exact) mass is 331 g/mol. The molecule has 2 heterocycles. The Morgan fingerprint density at radius 3 is 2.39 bits per heavy atom. The van der Waals surface area contributed by atoms with E-state index in [-0.39, 0.29) is 11.8 Å². The fourth-order valence-electron chi connectivity index (χ4n) is 2.81. The number of pyridine rings is 1. The summed E-state index contributed by atoms with van der Waals surface area (Å²) in [5.74, 6) is 0.921. The van der Waals surface area contributed by atoms with Crippen molar-refractivity contribution in [3.8, 4) is 0 Å². The van der Waals surface area contributed by atoms with Crippen molar-refractivity contribution in [2.75, 3.05) is 18.4 Å². The van der Waals surface area contributed by atoms with Crippen LogP contribution < -0.4 is 5.32 Å². The molecular formula is C17H21N3O2S. The van der Waals surface area contributed by atoms with Gasteiger partial charge in [0.15, 0.2) is 0 Å². The van der Waals surface area contributed by atoms with E-state index < -0.39 is 10.0 Å². The lowest BCUT2D eigenvalue weighted by Crippen LogP contribution is -2.42. The average molecular weight is 331 g/mol. The Balaban J connectivity index is 1.56. The van der Waals surface area contributed by atoms with E-state index in [0.717, 1.165) is 24.2 Å². The van der Waals surface area contributed by atoms with Crippen molar-refractivity contribution in [3.63, 3.8) is 0 Å². The maximum absolute atomic E-state index is 12.5. The molecule has 1 aliphatic rings. The lowest BCUT2D eigenvalue weighted by molar-refractivity contribution is 0.329. The van der Waals surface area contributed by atoms with Crippen LogP contribution in [0.4, 0.5) is 5.82 Å². The van der Waals surface area contributed by atoms with E-state index in [9.17, 15) is 8.42 Å². The Labute approximate surface area is 137 Å². The highest BCUT2D eigenvalue weighted by Crippen LogP contribution is 2.19. The molecule has 1 aromatic carbocycles. The van der Waals surface area contributed by atoms with Gasteiger partial charge in [-0.3, -0.25) is 0 Å². The molecule has 1 fully saturated rings. The number of nitrogens with zero attached hydrogens (tertiary/aromatic N) is 2. The van der Waals surface area contributed by atoms with E-state index in [4.69, 9.17) is 0 Å². The van der Waals surface area contributed by atoms with Gasteiger partial charge in [0.1, 0.15) is 5.82 Å². The van der Waals surface area contributed by atoms with Gasteiger partial charge in [0.2, 0.25) is 10.0 Å². The molecule has 1 saturated heterocycles. The molecule has 0 aliphatic carbocycles. The van der Waals surface area contributed by atoms with Gasteiger partial charge in [-0.2, -0.15) is 0 Å². The zero-order valence-corrected chi connectivity index (χ0v) is 13.7. The lowest BCUT2D eigenvalue weighted by Gasteiger charge is -2.31. The Hall–Kier alpha value is -1.92. The first-order valence-electron chi connectivity index (χ1n) is 7.83. The van der Waals surface area contributed by atoms with Crippen LogP contribution in [0, 0.1) is 0 Å². The average Bonchev–Trinajstić information content (AvgIpc) is 2.57. The molecule has 1 aromatic heterocycles. The van der Waals surface area contributed by atoms with Gasteiger partial charge in [0.25, 0.3) is 0 Å². The minimum absolute atomic E-state index is 0.0756. The van der Waals surface area contributed by atoms with Gasteiger partial charge in [0, 0.05) is 25.3 Å². The molecule has 3 rings (SSSR count). The van der Waals surface area contributed by atoms with Crippen molar-refractivity contribution in [2.24, 2.45) is 0 Å². The molecule has 0 atom stereocenters. The van der Waals surface area contributed by atoms with Crippen LogP contribution in [-0.2, 0) is 15.8 Å². The van der Waals surface area contributed by atoms with Crippen LogP contribution in [0.25, 0.3) is 0 Å². The van der Waals surface area contributed by atoms with E-state index in [1.165, 1.54) is 0 Å². The summed E-state index contributed by atoms with van der Waals surface area (Å²) < 4.78 is 26.6. The van der Waals surface area contributed by atoms with Crippen molar-refractivity contribution < 1.29 is 8.42 Å². The van der Waals surface area contributed by atoms with Gasteiger partial charge in [-0.1, -0.05) is 36.4 Å². The molecule has 0 saturated carbocycles. The minimum atomic E-state index is -3.24. The Bertz CT molecular complexity index is 712. The number of nitrogens with one attached hydrogen (secondary N) is 1. The molecule has 1 aliphatic heterocycles. The van der Waals surface area contributed by atoms with Gasteiger partial charge in [-0.05, 0) is 30.5 Å². The van der Waals surface area contributed by atoms with Crippen LogP contribution in [0.15, 0.2) is 54.7 Å². The molecule has 122 valence electrons. The number of hydrogen-bond donors (Lipinski definition) is 1. The minimum Gasteiger partial charge on any atom is -0.367 e. The molecule has 0 spiro atoms. The second-order valence-electron chi connectivity index (χ2n) is 5.77. The quantitative estimate of drug-likeness (QED) is 0.914. The predicted molar refractivity (Wildman–Crippen MR) is 91.5 cm³/mol. The number of benzene rings is 1. The van der Waals surface area contributed by atoms with Gasteiger partial charge in [0.05, 0.1) is 5.75 Å². The molecule has 5 nitrogen and oxygen atoms in total. The largest absolute Gasteiger partial charge is 0.367 e. The highest BCUT2D eigenvalue weighted by atomic mass is 32.2. The van der Waals surface area contributed by atoms with Crippen LogP contribution in [0.1, 0.15) is 18.4 Å². The van der Waals surface area contributed by atoms with E-state index in [1.54, 1.807) is 10.5 Å². The highest BCUT2D eigenvalue weighted by Gasteiger charge is 2.28. The summed E-state index contributed by atoms with van der Waals surface area (Å²) in [7, 11) is -3.24. The molecule has 23 heavy (non-hydrogen) atoms. The fraction of sp³-hybridized carbons (Fsp3) is 0.353. The molecule has 0 amide bonds. The van der Waals surface area contributed by atoms with Crippen LogP contribution in [0.3, 0.4) is 0 Å². The first-order chi connectivity index (χ1) is 11.1. The summed E-state index contributed by atoms with van der Waals surface area (Å²) in [5, 5.41) is 3.37. The Morgan fingerprint density at radius 1 is 1.04 bits per heavy atom. The Morgan fingerprint density at radius 2 is 1.74 bits per heavy atom. The number of hydrogen-bond acceptors (Lipinski definition) is 4. The van der Waals surface area contributed by atoms with Crippen LogP contribution in [-0.4, -0.2) is 36.8 Å². The lowest BCUT2D eigenvalue weighted by atomic mass is 10.1. The van der Waals surface area contributed by atoms with Gasteiger partial charge in [-0.25, -0.2) is 17.7 Å². The molecular weight excluding hydrogens is 310 g/mol. The van der Waals surface area contributed by atoms with Crippen LogP contribution >= 0.6 is 0 Å². The van der Waals surface area contributed by atoms with E-state index in [1.807, 2.05) is 48.5 Å². The SMILES string of the molecule is O=S(=O)(Cc1ccccc1)N1CCC(Nc2ccccn2)CC1. The number of anilines is 1. The molecule has 6 heteroatoms. The molecule has 2 aromatic rings. The first-order valence-corrected chi connectivity index (χ1v) is 9.44. The first kappa shape index (κ1) is 16.0. The number of rotatable bonds is 5. The van der Waals surface area contributed by atoms with Crippen molar-refractivity contribution in [3.05, 3.63) is 60.3 Å². The third kappa shape index (κ3) is 4.30. The predicted octanol–water partition coefficient (Wildman–Crippen LogP) is 2.49. The topological polar surface area (TPSA) is 62.3 Å². The fourth-order valence-corrected chi connectivity index (χ4v) is 4.38. The zero-order valence-electron chi connectivity index (χ0n) is 12.9. The smallest absolute Gasteiger partial charge is 0.218 e. The summed E-state index contributed by atoms with van der Waals surface area (Å²) in [4.78, 5) is 4.25. The third-order valence-corrected chi connectivity index (χ3v) is 5.91. The van der Waals surface area contributed by atoms with Gasteiger partial charge < -0.3 is 5.32 Å². The number of sulfonamides is 1. The van der Waals surface area contributed by atoms with Crippen molar-refractivity contribution in [1.82, 2.24) is 9.29 Å². The van der Waals surface area contributed by atoms with E-state index >= 15 is 0 Å². The maximum Gasteiger partial charge on any atom is 0.218 e. The molecule has 0 radical (unpaired) electrons. The summed E-state index contributed by atoms with van der Waals surface area (Å²) in [6.07, 6.45) is 3.34. The van der Waals surface area contributed by atoms with Gasteiger partial charge in [-0.15, -0.1) is 0 Å².